The maximum atomic E-state index is 13.1. The van der Waals surface area contributed by atoms with Crippen molar-refractivity contribution in [1.29, 1.82) is 0 Å². The van der Waals surface area contributed by atoms with Crippen LogP contribution < -0.4 is 10.1 Å². The predicted molar refractivity (Wildman–Crippen MR) is 123 cm³/mol. The van der Waals surface area contributed by atoms with Crippen molar-refractivity contribution in [3.63, 3.8) is 0 Å². The van der Waals surface area contributed by atoms with Gasteiger partial charge < -0.3 is 15.2 Å². The Bertz CT molecular complexity index is 1220. The van der Waals surface area contributed by atoms with Gasteiger partial charge in [0.1, 0.15) is 5.41 Å². The number of rotatable bonds is 7. The summed E-state index contributed by atoms with van der Waals surface area (Å²) < 4.78 is 44.8. The van der Waals surface area contributed by atoms with E-state index < -0.39 is 23.5 Å². The first-order valence-corrected chi connectivity index (χ1v) is 10.9. The molecular weight excluding hydrogens is 487 g/mol. The molecule has 0 radical (unpaired) electrons. The quantitative estimate of drug-likeness (QED) is 0.463. The molecule has 2 N–H and O–H groups in total. The van der Waals surface area contributed by atoms with Crippen molar-refractivity contribution in [3.05, 3.63) is 47.1 Å². The number of alkyl halides is 3. The molecule has 2 heterocycles. The molecule has 0 aliphatic carbocycles. The third-order valence-corrected chi connectivity index (χ3v) is 5.31. The number of hydrogen-bond acceptors (Lipinski definition) is 7. The number of pyridine rings is 1. The second-order valence-corrected chi connectivity index (χ2v) is 8.86. The molecular formula is C23H23ClF3N5O3. The Morgan fingerprint density at radius 3 is 2.40 bits per heavy atom. The lowest BCUT2D eigenvalue weighted by molar-refractivity contribution is -0.211. The van der Waals surface area contributed by atoms with Crippen LogP contribution in [0.4, 0.5) is 13.2 Å². The van der Waals surface area contributed by atoms with Crippen LogP contribution in [0.2, 0.25) is 5.02 Å². The van der Waals surface area contributed by atoms with Gasteiger partial charge in [-0.15, -0.1) is 0 Å². The zero-order valence-electron chi connectivity index (χ0n) is 19.3. The molecule has 186 valence electrons. The first-order valence-electron chi connectivity index (χ1n) is 10.5. The fourth-order valence-electron chi connectivity index (χ4n) is 2.82. The normalized spacial score (nSPS) is 12.0. The summed E-state index contributed by atoms with van der Waals surface area (Å²) in [6.45, 7) is 5.16. The maximum Gasteiger partial charge on any atom is 0.402 e. The van der Waals surface area contributed by atoms with E-state index in [1.807, 2.05) is 13.8 Å². The lowest BCUT2D eigenvalue weighted by Crippen LogP contribution is -2.46. The molecule has 0 aliphatic heterocycles. The number of aromatic hydroxyl groups is 1. The molecule has 1 aromatic carbocycles. The summed E-state index contributed by atoms with van der Waals surface area (Å²) in [6, 6.07) is 7.29. The van der Waals surface area contributed by atoms with Crippen molar-refractivity contribution in [2.45, 2.75) is 46.5 Å². The number of benzene rings is 1. The zero-order valence-corrected chi connectivity index (χ0v) is 20.1. The number of nitrogens with zero attached hydrogens (tertiary/aromatic N) is 4. The molecule has 0 fully saturated rings. The summed E-state index contributed by atoms with van der Waals surface area (Å²) >= 11 is 6.30. The Balaban J connectivity index is 1.87. The fourth-order valence-corrected chi connectivity index (χ4v) is 3.03. The van der Waals surface area contributed by atoms with Crippen molar-refractivity contribution < 1.29 is 27.8 Å². The minimum Gasteiger partial charge on any atom is -0.479 e. The smallest absolute Gasteiger partial charge is 0.402 e. The van der Waals surface area contributed by atoms with E-state index in [1.165, 1.54) is 18.3 Å². The number of amides is 1. The Kier molecular flexibility index (Phi) is 7.49. The van der Waals surface area contributed by atoms with E-state index in [9.17, 15) is 23.1 Å². The Morgan fingerprint density at radius 2 is 1.80 bits per heavy atom. The SMILES string of the molecule is CC(C)Oc1ccc(-c2nc(O)nc(-c3cc(CNC(=O)C(C)(C)C(F)(F)F)ccc3Cl)n2)cn1. The number of ether oxygens (including phenoxy) is 1. The highest BCUT2D eigenvalue weighted by Gasteiger charge is 2.52. The number of carbonyl (C=O) groups excluding carboxylic acids is 1. The van der Waals surface area contributed by atoms with Crippen LogP contribution >= 0.6 is 11.6 Å². The second kappa shape index (κ2) is 10.0. The van der Waals surface area contributed by atoms with E-state index in [-0.39, 0.29) is 29.3 Å². The van der Waals surface area contributed by atoms with Gasteiger partial charge in [0, 0.05) is 29.9 Å². The van der Waals surface area contributed by atoms with Gasteiger partial charge in [0.05, 0.1) is 11.1 Å². The lowest BCUT2D eigenvalue weighted by atomic mass is 9.91. The third kappa shape index (κ3) is 6.16. The van der Waals surface area contributed by atoms with Gasteiger partial charge in [-0.3, -0.25) is 4.79 Å². The number of aromatic nitrogens is 4. The molecule has 35 heavy (non-hydrogen) atoms. The summed E-state index contributed by atoms with van der Waals surface area (Å²) in [5.41, 5.74) is -1.33. The van der Waals surface area contributed by atoms with Crippen molar-refractivity contribution in [3.8, 4) is 34.7 Å². The standard InChI is InChI=1S/C23H23ClF3N5O3/c1-12(2)35-17-8-6-14(11-28-17)18-30-19(32-21(34)31-18)15-9-13(5-7-16(15)24)10-29-20(33)22(3,4)23(25,26)27/h5-9,11-12H,10H2,1-4H3,(H,29,33)(H,30,31,32,34). The van der Waals surface area contributed by atoms with E-state index in [0.717, 1.165) is 13.8 Å². The zero-order chi connectivity index (χ0) is 26.0. The molecule has 3 rings (SSSR count). The number of carbonyl (C=O) groups is 1. The Morgan fingerprint density at radius 1 is 1.11 bits per heavy atom. The van der Waals surface area contributed by atoms with Crippen molar-refractivity contribution in [1.82, 2.24) is 25.3 Å². The van der Waals surface area contributed by atoms with Gasteiger partial charge in [0.15, 0.2) is 11.6 Å². The van der Waals surface area contributed by atoms with Crippen molar-refractivity contribution in [2.75, 3.05) is 0 Å². The molecule has 0 unspecified atom stereocenters. The maximum absolute atomic E-state index is 13.1. The predicted octanol–water partition coefficient (Wildman–Crippen LogP) is 4.95. The average Bonchev–Trinajstić information content (AvgIpc) is 2.77. The van der Waals surface area contributed by atoms with E-state index in [2.05, 4.69) is 25.3 Å². The molecule has 8 nitrogen and oxygen atoms in total. The number of halogens is 4. The lowest BCUT2D eigenvalue weighted by Gasteiger charge is -2.26. The molecule has 12 heteroatoms. The molecule has 0 aliphatic rings. The largest absolute Gasteiger partial charge is 0.479 e. The molecule has 0 atom stereocenters. The van der Waals surface area contributed by atoms with E-state index in [4.69, 9.17) is 16.3 Å². The average molecular weight is 510 g/mol. The van der Waals surface area contributed by atoms with Gasteiger partial charge in [-0.25, -0.2) is 9.97 Å². The molecule has 2 aromatic heterocycles. The van der Waals surface area contributed by atoms with Gasteiger partial charge >= 0.3 is 12.2 Å². The minimum atomic E-state index is -4.70. The van der Waals surface area contributed by atoms with Gasteiger partial charge in [-0.2, -0.15) is 23.1 Å². The van der Waals surface area contributed by atoms with Crippen LogP contribution in [-0.2, 0) is 11.3 Å². The molecule has 0 spiro atoms. The summed E-state index contributed by atoms with van der Waals surface area (Å²) in [7, 11) is 0. The van der Waals surface area contributed by atoms with Gasteiger partial charge in [-0.1, -0.05) is 17.7 Å². The highest BCUT2D eigenvalue weighted by Crippen LogP contribution is 2.37. The van der Waals surface area contributed by atoms with Crippen LogP contribution in [-0.4, -0.2) is 43.2 Å². The van der Waals surface area contributed by atoms with Gasteiger partial charge in [-0.05, 0) is 51.5 Å². The summed E-state index contributed by atoms with van der Waals surface area (Å²) in [4.78, 5) is 28.5. The summed E-state index contributed by atoms with van der Waals surface area (Å²) in [5, 5.41) is 12.6. The summed E-state index contributed by atoms with van der Waals surface area (Å²) in [6.07, 6.45) is -3.28. The highest BCUT2D eigenvalue weighted by atomic mass is 35.5. The van der Waals surface area contributed by atoms with E-state index in [0.29, 0.717) is 22.6 Å². The van der Waals surface area contributed by atoms with Crippen LogP contribution in [0.15, 0.2) is 36.5 Å². The summed E-state index contributed by atoms with van der Waals surface area (Å²) in [5.74, 6) is -0.602. The minimum absolute atomic E-state index is 0.0313. The fraction of sp³-hybridized carbons (Fsp3) is 0.348. The van der Waals surface area contributed by atoms with Gasteiger partial charge in [0.25, 0.3) is 0 Å². The Hall–Kier alpha value is -3.47. The van der Waals surface area contributed by atoms with E-state index in [1.54, 1.807) is 18.2 Å². The number of nitrogens with one attached hydrogen (secondary N) is 1. The van der Waals surface area contributed by atoms with Gasteiger partial charge in [0.2, 0.25) is 11.8 Å². The van der Waals surface area contributed by atoms with Crippen LogP contribution in [0.3, 0.4) is 0 Å². The van der Waals surface area contributed by atoms with Crippen molar-refractivity contribution >= 4 is 17.5 Å². The Labute approximate surface area is 204 Å². The van der Waals surface area contributed by atoms with Crippen LogP contribution in [0.25, 0.3) is 22.8 Å². The molecule has 0 saturated heterocycles. The van der Waals surface area contributed by atoms with Crippen LogP contribution in [0.5, 0.6) is 11.9 Å². The number of hydrogen-bond donors (Lipinski definition) is 2. The molecule has 0 bridgehead atoms. The highest BCUT2D eigenvalue weighted by molar-refractivity contribution is 6.33. The second-order valence-electron chi connectivity index (χ2n) is 8.45. The third-order valence-electron chi connectivity index (χ3n) is 4.98. The molecule has 0 saturated carbocycles. The topological polar surface area (TPSA) is 110 Å². The monoisotopic (exact) mass is 509 g/mol. The first-order chi connectivity index (χ1) is 16.3. The van der Waals surface area contributed by atoms with E-state index >= 15 is 0 Å². The first kappa shape index (κ1) is 26.1. The molecule has 3 aromatic rings. The van der Waals surface area contributed by atoms with Crippen LogP contribution in [0, 0.1) is 5.41 Å². The van der Waals surface area contributed by atoms with Crippen LogP contribution in [0.1, 0.15) is 33.3 Å². The molecule has 1 amide bonds. The van der Waals surface area contributed by atoms with Crippen molar-refractivity contribution in [2.24, 2.45) is 5.41 Å².